The molecule has 1 aromatic heterocycles. The number of para-hydroxylation sites is 3. The van der Waals surface area contributed by atoms with Gasteiger partial charge in [-0.25, -0.2) is 4.98 Å². The number of H-pyrrole nitrogens is 1. The summed E-state index contributed by atoms with van der Waals surface area (Å²) in [4.78, 5) is 19.6. The van der Waals surface area contributed by atoms with E-state index in [9.17, 15) is 4.79 Å². The lowest BCUT2D eigenvalue weighted by Crippen LogP contribution is -1.98. The van der Waals surface area contributed by atoms with Crippen molar-refractivity contribution in [2.75, 3.05) is 6.61 Å². The SMILES string of the molecule is CCCOc1ccccc1/C=C/C(=O)c1nc2ccccc2[nH]1. The summed E-state index contributed by atoms with van der Waals surface area (Å²) < 4.78 is 5.69. The van der Waals surface area contributed by atoms with Gasteiger partial charge in [0.2, 0.25) is 5.78 Å². The van der Waals surface area contributed by atoms with Crippen LogP contribution in [0.1, 0.15) is 29.5 Å². The van der Waals surface area contributed by atoms with Crippen LogP contribution in [0.25, 0.3) is 17.1 Å². The van der Waals surface area contributed by atoms with Crippen molar-refractivity contribution in [3.05, 3.63) is 66.0 Å². The van der Waals surface area contributed by atoms with Crippen molar-refractivity contribution in [1.29, 1.82) is 0 Å². The normalized spacial score (nSPS) is 11.2. The summed E-state index contributed by atoms with van der Waals surface area (Å²) in [5.74, 6) is 0.962. The number of hydrogen-bond acceptors (Lipinski definition) is 3. The van der Waals surface area contributed by atoms with Crippen LogP contribution >= 0.6 is 0 Å². The lowest BCUT2D eigenvalue weighted by Gasteiger charge is -2.07. The number of fused-ring (bicyclic) bond motifs is 1. The Morgan fingerprint density at radius 3 is 2.78 bits per heavy atom. The molecule has 4 nitrogen and oxygen atoms in total. The smallest absolute Gasteiger partial charge is 0.221 e. The van der Waals surface area contributed by atoms with E-state index in [4.69, 9.17) is 4.74 Å². The molecule has 0 aliphatic rings. The first-order chi connectivity index (χ1) is 11.3. The van der Waals surface area contributed by atoms with Gasteiger partial charge in [-0.2, -0.15) is 0 Å². The first kappa shape index (κ1) is 15.0. The largest absolute Gasteiger partial charge is 0.493 e. The summed E-state index contributed by atoms with van der Waals surface area (Å²) in [6.07, 6.45) is 4.22. The fourth-order valence-electron chi connectivity index (χ4n) is 2.28. The number of imidazole rings is 1. The van der Waals surface area contributed by atoms with E-state index in [1.807, 2.05) is 48.5 Å². The van der Waals surface area contributed by atoms with Crippen LogP contribution in [0.3, 0.4) is 0 Å². The number of carbonyl (C=O) groups is 1. The van der Waals surface area contributed by atoms with Crippen LogP contribution in [0.4, 0.5) is 0 Å². The molecule has 0 aliphatic carbocycles. The maximum absolute atomic E-state index is 12.3. The highest BCUT2D eigenvalue weighted by Gasteiger charge is 2.08. The molecule has 0 spiro atoms. The van der Waals surface area contributed by atoms with E-state index in [1.54, 1.807) is 6.08 Å². The summed E-state index contributed by atoms with van der Waals surface area (Å²) in [5.41, 5.74) is 2.53. The number of nitrogens with one attached hydrogen (secondary N) is 1. The highest BCUT2D eigenvalue weighted by atomic mass is 16.5. The molecule has 1 heterocycles. The zero-order valence-electron chi connectivity index (χ0n) is 13.0. The molecule has 0 fully saturated rings. The maximum atomic E-state index is 12.3. The lowest BCUT2D eigenvalue weighted by atomic mass is 10.1. The minimum atomic E-state index is -0.161. The highest BCUT2D eigenvalue weighted by Crippen LogP contribution is 2.20. The number of carbonyl (C=O) groups excluding carboxylic acids is 1. The van der Waals surface area contributed by atoms with Crippen molar-refractivity contribution in [2.45, 2.75) is 13.3 Å². The van der Waals surface area contributed by atoms with E-state index < -0.39 is 0 Å². The molecule has 3 rings (SSSR count). The van der Waals surface area contributed by atoms with E-state index in [0.717, 1.165) is 28.8 Å². The van der Waals surface area contributed by atoms with Crippen LogP contribution in [0.5, 0.6) is 5.75 Å². The van der Waals surface area contributed by atoms with Crippen LogP contribution in [0.2, 0.25) is 0 Å². The van der Waals surface area contributed by atoms with E-state index in [-0.39, 0.29) is 5.78 Å². The Bertz CT molecular complexity index is 816. The number of aromatic nitrogens is 2. The Labute approximate surface area is 134 Å². The number of aromatic amines is 1. The number of ketones is 1. The molecule has 4 heteroatoms. The fraction of sp³-hybridized carbons (Fsp3) is 0.158. The molecule has 23 heavy (non-hydrogen) atoms. The van der Waals surface area contributed by atoms with E-state index in [0.29, 0.717) is 12.4 Å². The van der Waals surface area contributed by atoms with Gasteiger partial charge < -0.3 is 9.72 Å². The van der Waals surface area contributed by atoms with Crippen molar-refractivity contribution in [1.82, 2.24) is 9.97 Å². The van der Waals surface area contributed by atoms with Crippen LogP contribution in [-0.4, -0.2) is 22.4 Å². The van der Waals surface area contributed by atoms with Crippen molar-refractivity contribution >= 4 is 22.9 Å². The molecule has 0 bridgehead atoms. The summed E-state index contributed by atoms with van der Waals surface area (Å²) in [6.45, 7) is 2.71. The molecule has 0 radical (unpaired) electrons. The highest BCUT2D eigenvalue weighted by molar-refractivity contribution is 6.06. The molecule has 0 saturated carbocycles. The topological polar surface area (TPSA) is 55.0 Å². The number of rotatable bonds is 6. The van der Waals surface area contributed by atoms with Crippen LogP contribution in [-0.2, 0) is 0 Å². The summed E-state index contributed by atoms with van der Waals surface area (Å²) >= 11 is 0. The maximum Gasteiger partial charge on any atom is 0.221 e. The van der Waals surface area contributed by atoms with Gasteiger partial charge in [0.25, 0.3) is 0 Å². The van der Waals surface area contributed by atoms with Gasteiger partial charge in [-0.15, -0.1) is 0 Å². The quantitative estimate of drug-likeness (QED) is 0.547. The molecule has 0 atom stereocenters. The van der Waals surface area contributed by atoms with Gasteiger partial charge in [0, 0.05) is 5.56 Å². The van der Waals surface area contributed by atoms with Gasteiger partial charge in [0.1, 0.15) is 5.75 Å². The molecule has 3 aromatic rings. The number of nitrogens with zero attached hydrogens (tertiary/aromatic N) is 1. The van der Waals surface area contributed by atoms with Crippen LogP contribution < -0.4 is 4.74 Å². The van der Waals surface area contributed by atoms with E-state index >= 15 is 0 Å². The van der Waals surface area contributed by atoms with Crippen molar-refractivity contribution in [2.24, 2.45) is 0 Å². The second kappa shape index (κ2) is 6.92. The number of hydrogen-bond donors (Lipinski definition) is 1. The number of allylic oxidation sites excluding steroid dienone is 1. The molecule has 116 valence electrons. The van der Waals surface area contributed by atoms with Crippen LogP contribution in [0, 0.1) is 0 Å². The molecule has 0 unspecified atom stereocenters. The van der Waals surface area contributed by atoms with Gasteiger partial charge in [-0.1, -0.05) is 37.3 Å². The molecular formula is C19H18N2O2. The predicted molar refractivity (Wildman–Crippen MR) is 91.7 cm³/mol. The number of ether oxygens (including phenoxy) is 1. The summed E-state index contributed by atoms with van der Waals surface area (Å²) in [7, 11) is 0. The van der Waals surface area contributed by atoms with Crippen molar-refractivity contribution in [3.8, 4) is 5.75 Å². The molecule has 2 aromatic carbocycles. The average molecular weight is 306 g/mol. The Hall–Kier alpha value is -2.88. The second-order valence-corrected chi connectivity index (χ2v) is 5.19. The number of benzene rings is 2. The van der Waals surface area contributed by atoms with E-state index in [1.165, 1.54) is 6.08 Å². The van der Waals surface area contributed by atoms with Crippen molar-refractivity contribution in [3.63, 3.8) is 0 Å². The zero-order chi connectivity index (χ0) is 16.1. The molecule has 0 amide bonds. The minimum Gasteiger partial charge on any atom is -0.493 e. The molecular weight excluding hydrogens is 288 g/mol. The molecule has 0 aliphatic heterocycles. The van der Waals surface area contributed by atoms with Gasteiger partial charge in [0.15, 0.2) is 5.82 Å². The zero-order valence-corrected chi connectivity index (χ0v) is 13.0. The van der Waals surface area contributed by atoms with Gasteiger partial charge in [-0.3, -0.25) is 4.79 Å². The van der Waals surface area contributed by atoms with E-state index in [2.05, 4.69) is 16.9 Å². The standard InChI is InChI=1S/C19H18N2O2/c1-2-13-23-18-10-6-3-7-14(18)11-12-17(22)19-20-15-8-4-5-9-16(15)21-19/h3-12H,2,13H2,1H3,(H,20,21)/b12-11+. The Morgan fingerprint density at radius 2 is 1.96 bits per heavy atom. The Morgan fingerprint density at radius 1 is 1.17 bits per heavy atom. The molecule has 1 N–H and O–H groups in total. The predicted octanol–water partition coefficient (Wildman–Crippen LogP) is 4.25. The van der Waals surface area contributed by atoms with Gasteiger partial charge in [-0.05, 0) is 36.8 Å². The summed E-state index contributed by atoms with van der Waals surface area (Å²) in [5, 5.41) is 0. The third kappa shape index (κ3) is 3.48. The lowest BCUT2D eigenvalue weighted by molar-refractivity contribution is 0.103. The average Bonchev–Trinajstić information content (AvgIpc) is 3.02. The summed E-state index contributed by atoms with van der Waals surface area (Å²) in [6, 6.07) is 15.2. The fourth-order valence-corrected chi connectivity index (χ4v) is 2.28. The minimum absolute atomic E-state index is 0.161. The first-order valence-electron chi connectivity index (χ1n) is 7.67. The Balaban J connectivity index is 1.80. The van der Waals surface area contributed by atoms with Crippen LogP contribution in [0.15, 0.2) is 54.6 Å². The first-order valence-corrected chi connectivity index (χ1v) is 7.67. The van der Waals surface area contributed by atoms with Crippen molar-refractivity contribution < 1.29 is 9.53 Å². The third-order valence-corrected chi connectivity index (χ3v) is 3.42. The monoisotopic (exact) mass is 306 g/mol. The second-order valence-electron chi connectivity index (χ2n) is 5.19. The van der Waals surface area contributed by atoms with Gasteiger partial charge in [0.05, 0.1) is 17.6 Å². The van der Waals surface area contributed by atoms with Gasteiger partial charge >= 0.3 is 0 Å². The third-order valence-electron chi connectivity index (χ3n) is 3.42. The molecule has 0 saturated heterocycles. The Kier molecular flexibility index (Phi) is 4.52.